The van der Waals surface area contributed by atoms with Crippen LogP contribution in [0.3, 0.4) is 0 Å². The van der Waals surface area contributed by atoms with Crippen molar-refractivity contribution in [2.24, 2.45) is 5.92 Å². The van der Waals surface area contributed by atoms with Gasteiger partial charge < -0.3 is 5.32 Å². The molecule has 0 saturated carbocycles. The third kappa shape index (κ3) is 5.31. The molecule has 0 bridgehead atoms. The Hall–Kier alpha value is -3.05. The maximum absolute atomic E-state index is 12.9. The molecule has 0 aliphatic carbocycles. The van der Waals surface area contributed by atoms with Crippen LogP contribution in [0.4, 0.5) is 0 Å². The van der Waals surface area contributed by atoms with E-state index in [2.05, 4.69) is 15.4 Å². The topological polar surface area (TPSA) is 119 Å². The van der Waals surface area contributed by atoms with Crippen LogP contribution in [0.5, 0.6) is 0 Å². The first-order chi connectivity index (χ1) is 15.7. The fraction of sp³-hybridized carbons (Fsp3) is 0.455. The normalized spacial score (nSPS) is 15.7. The number of aromatic nitrogens is 4. The van der Waals surface area contributed by atoms with Gasteiger partial charge >= 0.3 is 0 Å². The first-order valence-corrected chi connectivity index (χ1v) is 12.8. The van der Waals surface area contributed by atoms with E-state index in [1.165, 1.54) is 23.1 Å². The van der Waals surface area contributed by atoms with E-state index in [0.29, 0.717) is 56.6 Å². The molecule has 1 N–H and O–H groups in total. The summed E-state index contributed by atoms with van der Waals surface area (Å²) in [4.78, 5) is 29.7. The van der Waals surface area contributed by atoms with Crippen molar-refractivity contribution in [3.63, 3.8) is 0 Å². The average molecular weight is 473 g/mol. The van der Waals surface area contributed by atoms with Gasteiger partial charge in [0.1, 0.15) is 11.7 Å². The largest absolute Gasteiger partial charge is 0.354 e. The molecule has 33 heavy (non-hydrogen) atoms. The lowest BCUT2D eigenvalue weighted by Gasteiger charge is -2.29. The standard InChI is InChI=1S/C22H28N6O4S/c1-16-3-5-17(6-4-16)14-26-15-24-20-19(22(26)30)13-25-28(20)12-9-23-21(29)18-7-10-27(11-8-18)33(2,31)32/h3-6,13,15,18H,7-12,14H2,1-2H3,(H,23,29). The van der Waals surface area contributed by atoms with E-state index < -0.39 is 10.0 Å². The minimum Gasteiger partial charge on any atom is -0.354 e. The zero-order valence-corrected chi connectivity index (χ0v) is 19.6. The monoisotopic (exact) mass is 472 g/mol. The van der Waals surface area contributed by atoms with Gasteiger partial charge in [0.05, 0.1) is 25.5 Å². The van der Waals surface area contributed by atoms with Crippen molar-refractivity contribution < 1.29 is 13.2 Å². The number of aryl methyl sites for hydroxylation is 1. The van der Waals surface area contributed by atoms with E-state index in [9.17, 15) is 18.0 Å². The lowest BCUT2D eigenvalue weighted by Crippen LogP contribution is -2.43. The van der Waals surface area contributed by atoms with Crippen molar-refractivity contribution in [2.75, 3.05) is 25.9 Å². The molecule has 4 rings (SSSR count). The molecular formula is C22H28N6O4S. The van der Waals surface area contributed by atoms with Gasteiger partial charge in [0.15, 0.2) is 5.65 Å². The molecule has 0 atom stereocenters. The van der Waals surface area contributed by atoms with Crippen molar-refractivity contribution in [3.8, 4) is 0 Å². The molecule has 3 heterocycles. The van der Waals surface area contributed by atoms with Gasteiger partial charge in [-0.3, -0.25) is 14.2 Å². The molecule has 0 unspecified atom stereocenters. The Morgan fingerprint density at radius 3 is 2.55 bits per heavy atom. The summed E-state index contributed by atoms with van der Waals surface area (Å²) in [6, 6.07) is 7.99. The van der Waals surface area contributed by atoms with Gasteiger partial charge in [0.25, 0.3) is 5.56 Å². The minimum atomic E-state index is -3.21. The Kier molecular flexibility index (Phi) is 6.61. The number of fused-ring (bicyclic) bond motifs is 1. The number of rotatable bonds is 7. The number of carbonyl (C=O) groups is 1. The summed E-state index contributed by atoms with van der Waals surface area (Å²) in [6.45, 7) is 3.89. The second-order valence-electron chi connectivity index (χ2n) is 8.50. The van der Waals surface area contributed by atoms with Gasteiger partial charge in [0, 0.05) is 25.6 Å². The summed E-state index contributed by atoms with van der Waals surface area (Å²) < 4.78 is 27.8. The maximum Gasteiger partial charge on any atom is 0.264 e. The summed E-state index contributed by atoms with van der Waals surface area (Å²) >= 11 is 0. The fourth-order valence-electron chi connectivity index (χ4n) is 4.04. The van der Waals surface area contributed by atoms with E-state index in [-0.39, 0.29) is 17.4 Å². The second kappa shape index (κ2) is 9.44. The Morgan fingerprint density at radius 2 is 1.88 bits per heavy atom. The molecule has 2 aromatic heterocycles. The third-order valence-electron chi connectivity index (χ3n) is 6.01. The molecule has 10 nitrogen and oxygen atoms in total. The van der Waals surface area contributed by atoms with Crippen LogP contribution in [0, 0.1) is 12.8 Å². The van der Waals surface area contributed by atoms with Crippen LogP contribution in [-0.2, 0) is 27.9 Å². The SMILES string of the molecule is Cc1ccc(Cn2cnc3c(cnn3CCNC(=O)C3CCN(S(C)(=O)=O)CC3)c2=O)cc1. The molecule has 1 fully saturated rings. The highest BCUT2D eigenvalue weighted by Crippen LogP contribution is 2.19. The Balaban J connectivity index is 1.35. The molecule has 1 aromatic carbocycles. The molecule has 176 valence electrons. The zero-order valence-electron chi connectivity index (χ0n) is 18.8. The van der Waals surface area contributed by atoms with Crippen molar-refractivity contribution in [1.82, 2.24) is 29.0 Å². The van der Waals surface area contributed by atoms with Crippen LogP contribution >= 0.6 is 0 Å². The van der Waals surface area contributed by atoms with Crippen molar-refractivity contribution in [2.45, 2.75) is 32.9 Å². The molecule has 11 heteroatoms. The lowest BCUT2D eigenvalue weighted by atomic mass is 9.97. The smallest absolute Gasteiger partial charge is 0.264 e. The minimum absolute atomic E-state index is 0.0898. The van der Waals surface area contributed by atoms with E-state index in [0.717, 1.165) is 11.1 Å². The zero-order chi connectivity index (χ0) is 23.6. The average Bonchev–Trinajstić information content (AvgIpc) is 3.20. The predicted molar refractivity (Wildman–Crippen MR) is 124 cm³/mol. The Morgan fingerprint density at radius 1 is 1.18 bits per heavy atom. The fourth-order valence-corrected chi connectivity index (χ4v) is 4.92. The molecule has 1 aliphatic rings. The van der Waals surface area contributed by atoms with Crippen LogP contribution in [0.1, 0.15) is 24.0 Å². The molecule has 0 radical (unpaired) electrons. The van der Waals surface area contributed by atoms with Crippen molar-refractivity contribution in [1.29, 1.82) is 0 Å². The molecule has 1 amide bonds. The van der Waals surface area contributed by atoms with Gasteiger partial charge in [0.2, 0.25) is 15.9 Å². The van der Waals surface area contributed by atoms with Gasteiger partial charge in [-0.05, 0) is 25.3 Å². The summed E-state index contributed by atoms with van der Waals surface area (Å²) in [7, 11) is -3.21. The molecule has 1 aliphatic heterocycles. The maximum atomic E-state index is 12.9. The van der Waals surface area contributed by atoms with E-state index in [4.69, 9.17) is 0 Å². The highest BCUT2D eigenvalue weighted by molar-refractivity contribution is 7.88. The van der Waals surface area contributed by atoms with E-state index in [1.807, 2.05) is 31.2 Å². The number of piperidine rings is 1. The Bertz CT molecular complexity index is 1300. The summed E-state index contributed by atoms with van der Waals surface area (Å²) in [5.74, 6) is -0.294. The number of amides is 1. The summed E-state index contributed by atoms with van der Waals surface area (Å²) in [5, 5.41) is 7.61. The van der Waals surface area contributed by atoms with Crippen LogP contribution in [-0.4, -0.2) is 63.9 Å². The highest BCUT2D eigenvalue weighted by Gasteiger charge is 2.28. The number of hydrogen-bond donors (Lipinski definition) is 1. The number of benzene rings is 1. The lowest BCUT2D eigenvalue weighted by molar-refractivity contribution is -0.126. The third-order valence-corrected chi connectivity index (χ3v) is 7.32. The van der Waals surface area contributed by atoms with Gasteiger partial charge in [-0.1, -0.05) is 29.8 Å². The van der Waals surface area contributed by atoms with E-state index >= 15 is 0 Å². The highest BCUT2D eigenvalue weighted by atomic mass is 32.2. The number of nitrogens with zero attached hydrogens (tertiary/aromatic N) is 5. The molecule has 0 spiro atoms. The first kappa shape index (κ1) is 23.1. The van der Waals surface area contributed by atoms with Crippen molar-refractivity contribution in [3.05, 3.63) is 58.3 Å². The predicted octanol–water partition coefficient (Wildman–Crippen LogP) is 0.738. The summed E-state index contributed by atoms with van der Waals surface area (Å²) in [6.07, 6.45) is 5.24. The molecule has 1 saturated heterocycles. The van der Waals surface area contributed by atoms with Crippen LogP contribution in [0.15, 0.2) is 41.6 Å². The van der Waals surface area contributed by atoms with Crippen LogP contribution in [0.25, 0.3) is 11.0 Å². The van der Waals surface area contributed by atoms with Gasteiger partial charge in [-0.25, -0.2) is 22.4 Å². The Labute approximate surface area is 192 Å². The first-order valence-electron chi connectivity index (χ1n) is 10.9. The summed E-state index contributed by atoms with van der Waals surface area (Å²) in [5.41, 5.74) is 2.50. The number of sulfonamides is 1. The van der Waals surface area contributed by atoms with Crippen LogP contribution < -0.4 is 10.9 Å². The second-order valence-corrected chi connectivity index (χ2v) is 10.5. The van der Waals surface area contributed by atoms with Gasteiger partial charge in [-0.15, -0.1) is 0 Å². The molecular weight excluding hydrogens is 444 g/mol. The number of hydrogen-bond acceptors (Lipinski definition) is 6. The quantitative estimate of drug-likeness (QED) is 0.542. The van der Waals surface area contributed by atoms with Gasteiger partial charge in [-0.2, -0.15) is 5.10 Å². The van der Waals surface area contributed by atoms with Crippen LogP contribution in [0.2, 0.25) is 0 Å². The van der Waals surface area contributed by atoms with E-state index in [1.54, 1.807) is 9.25 Å². The number of nitrogens with one attached hydrogen (secondary N) is 1. The van der Waals surface area contributed by atoms with Crippen molar-refractivity contribution >= 4 is 27.0 Å². The number of carbonyl (C=O) groups excluding carboxylic acids is 1. The molecule has 3 aromatic rings.